The molecule has 1 heterocycles. The minimum atomic E-state index is 0.182. The highest BCUT2D eigenvalue weighted by Crippen LogP contribution is 2.34. The molecule has 0 spiro atoms. The molecule has 102 valence electrons. The van der Waals surface area contributed by atoms with E-state index in [4.69, 9.17) is 11.6 Å². The fraction of sp³-hybridized carbons (Fsp3) is 0.375. The highest BCUT2D eigenvalue weighted by atomic mass is 35.5. The van der Waals surface area contributed by atoms with Crippen LogP contribution in [0.1, 0.15) is 40.1 Å². The summed E-state index contributed by atoms with van der Waals surface area (Å²) in [4.78, 5) is 1.37. The molecule has 0 bridgehead atoms. The van der Waals surface area contributed by atoms with Crippen LogP contribution in [-0.2, 0) is 6.42 Å². The molecule has 2 aromatic rings. The Morgan fingerprint density at radius 1 is 1.26 bits per heavy atom. The highest BCUT2D eigenvalue weighted by Gasteiger charge is 2.19. The van der Waals surface area contributed by atoms with E-state index in [1.54, 1.807) is 11.3 Å². The summed E-state index contributed by atoms with van der Waals surface area (Å²) < 4.78 is 0. The molecule has 0 saturated carbocycles. The molecule has 2 rings (SSSR count). The number of hydrogen-bond acceptors (Lipinski definition) is 2. The Bertz CT molecular complexity index is 574. The maximum atomic E-state index is 6.45. The van der Waals surface area contributed by atoms with Crippen molar-refractivity contribution in [2.45, 2.75) is 33.2 Å². The van der Waals surface area contributed by atoms with Crippen LogP contribution in [0.4, 0.5) is 0 Å². The van der Waals surface area contributed by atoms with Gasteiger partial charge in [-0.3, -0.25) is 0 Å². The maximum absolute atomic E-state index is 6.45. The fourth-order valence-corrected chi connectivity index (χ4v) is 3.80. The molecule has 0 aliphatic rings. The molecule has 1 atom stereocenters. The summed E-state index contributed by atoms with van der Waals surface area (Å²) in [5, 5.41) is 6.41. The van der Waals surface area contributed by atoms with E-state index in [1.165, 1.54) is 27.1 Å². The van der Waals surface area contributed by atoms with Crippen molar-refractivity contribution in [3.63, 3.8) is 0 Å². The SMILES string of the molecule is CCc1ccsc1C(NC)c1cc(C)c(C)cc1Cl. The number of benzene rings is 1. The van der Waals surface area contributed by atoms with Gasteiger partial charge >= 0.3 is 0 Å². The number of hydrogen-bond donors (Lipinski definition) is 1. The lowest BCUT2D eigenvalue weighted by molar-refractivity contribution is 0.696. The third-order valence-corrected chi connectivity index (χ3v) is 4.99. The monoisotopic (exact) mass is 293 g/mol. The predicted octanol–water partition coefficient (Wildman–Crippen LogP) is 4.89. The lowest BCUT2D eigenvalue weighted by Gasteiger charge is -2.20. The molecule has 19 heavy (non-hydrogen) atoms. The van der Waals surface area contributed by atoms with Gasteiger partial charge < -0.3 is 5.32 Å². The minimum Gasteiger partial charge on any atom is -0.309 e. The molecule has 1 aromatic heterocycles. The average molecular weight is 294 g/mol. The van der Waals surface area contributed by atoms with Crippen LogP contribution in [-0.4, -0.2) is 7.05 Å². The standard InChI is InChI=1S/C16H20ClNS/c1-5-12-6-7-19-16(12)15(18-4)13-8-10(2)11(3)9-14(13)17/h6-9,15,18H,5H2,1-4H3. The number of rotatable bonds is 4. The van der Waals surface area contributed by atoms with Gasteiger partial charge in [0.05, 0.1) is 6.04 Å². The second-order valence-corrected chi connectivity index (χ2v) is 6.20. The minimum absolute atomic E-state index is 0.182. The van der Waals surface area contributed by atoms with Crippen molar-refractivity contribution >= 4 is 22.9 Å². The number of nitrogens with one attached hydrogen (secondary N) is 1. The molecule has 1 aromatic carbocycles. The van der Waals surface area contributed by atoms with Crippen molar-refractivity contribution in [1.82, 2.24) is 5.32 Å². The molecule has 1 N–H and O–H groups in total. The molecular weight excluding hydrogens is 274 g/mol. The average Bonchev–Trinajstić information content (AvgIpc) is 2.84. The van der Waals surface area contributed by atoms with Crippen molar-refractivity contribution in [3.05, 3.63) is 55.7 Å². The summed E-state index contributed by atoms with van der Waals surface area (Å²) >= 11 is 8.25. The van der Waals surface area contributed by atoms with Gasteiger partial charge in [0.15, 0.2) is 0 Å². The zero-order valence-electron chi connectivity index (χ0n) is 11.9. The van der Waals surface area contributed by atoms with Crippen molar-refractivity contribution in [2.24, 2.45) is 0 Å². The van der Waals surface area contributed by atoms with E-state index in [2.05, 4.69) is 49.7 Å². The zero-order chi connectivity index (χ0) is 14.0. The van der Waals surface area contributed by atoms with Gasteiger partial charge in [0, 0.05) is 9.90 Å². The Morgan fingerprint density at radius 3 is 2.58 bits per heavy atom. The quantitative estimate of drug-likeness (QED) is 0.846. The normalized spacial score (nSPS) is 12.7. The van der Waals surface area contributed by atoms with Gasteiger partial charge in [-0.1, -0.05) is 24.6 Å². The van der Waals surface area contributed by atoms with Crippen LogP contribution in [0.2, 0.25) is 5.02 Å². The van der Waals surface area contributed by atoms with E-state index in [0.29, 0.717) is 0 Å². The predicted molar refractivity (Wildman–Crippen MR) is 85.5 cm³/mol. The van der Waals surface area contributed by atoms with Crippen LogP contribution >= 0.6 is 22.9 Å². The maximum Gasteiger partial charge on any atom is 0.0686 e. The molecule has 0 amide bonds. The Morgan fingerprint density at radius 2 is 1.95 bits per heavy atom. The van der Waals surface area contributed by atoms with E-state index >= 15 is 0 Å². The summed E-state index contributed by atoms with van der Waals surface area (Å²) in [7, 11) is 2.00. The molecule has 3 heteroatoms. The first-order valence-corrected chi connectivity index (χ1v) is 7.84. The van der Waals surface area contributed by atoms with Gasteiger partial charge in [-0.05, 0) is 67.1 Å². The van der Waals surface area contributed by atoms with Gasteiger partial charge in [0.1, 0.15) is 0 Å². The number of thiophene rings is 1. The summed E-state index contributed by atoms with van der Waals surface area (Å²) in [6.07, 6.45) is 1.06. The molecule has 0 aliphatic heterocycles. The first-order valence-electron chi connectivity index (χ1n) is 6.58. The van der Waals surface area contributed by atoms with E-state index in [-0.39, 0.29) is 6.04 Å². The van der Waals surface area contributed by atoms with Crippen LogP contribution in [0.25, 0.3) is 0 Å². The topological polar surface area (TPSA) is 12.0 Å². The lowest BCUT2D eigenvalue weighted by Crippen LogP contribution is -2.18. The van der Waals surface area contributed by atoms with Crippen LogP contribution in [0, 0.1) is 13.8 Å². The summed E-state index contributed by atoms with van der Waals surface area (Å²) in [5.41, 5.74) is 5.10. The van der Waals surface area contributed by atoms with E-state index in [0.717, 1.165) is 11.4 Å². The molecule has 1 nitrogen and oxygen atoms in total. The van der Waals surface area contributed by atoms with Crippen molar-refractivity contribution < 1.29 is 0 Å². The Hall–Kier alpha value is -0.830. The van der Waals surface area contributed by atoms with Crippen LogP contribution < -0.4 is 5.32 Å². The molecule has 0 aliphatic carbocycles. The lowest BCUT2D eigenvalue weighted by atomic mass is 9.98. The van der Waals surface area contributed by atoms with Gasteiger partial charge in [-0.15, -0.1) is 11.3 Å². The third-order valence-electron chi connectivity index (χ3n) is 3.64. The Kier molecular flexibility index (Phi) is 4.67. The smallest absolute Gasteiger partial charge is 0.0686 e. The van der Waals surface area contributed by atoms with Gasteiger partial charge in [0.25, 0.3) is 0 Å². The first-order chi connectivity index (χ1) is 9.08. The fourth-order valence-electron chi connectivity index (χ4n) is 2.35. The number of halogens is 1. The van der Waals surface area contributed by atoms with E-state index in [9.17, 15) is 0 Å². The molecule has 0 saturated heterocycles. The molecule has 0 fully saturated rings. The largest absolute Gasteiger partial charge is 0.309 e. The van der Waals surface area contributed by atoms with Crippen molar-refractivity contribution in [3.8, 4) is 0 Å². The summed E-state index contributed by atoms with van der Waals surface area (Å²) in [6, 6.07) is 6.66. The van der Waals surface area contributed by atoms with Gasteiger partial charge in [-0.2, -0.15) is 0 Å². The summed E-state index contributed by atoms with van der Waals surface area (Å²) in [5.74, 6) is 0. The second kappa shape index (κ2) is 6.08. The van der Waals surface area contributed by atoms with E-state index in [1.807, 2.05) is 7.05 Å². The van der Waals surface area contributed by atoms with Crippen molar-refractivity contribution in [1.29, 1.82) is 0 Å². The summed E-state index contributed by atoms with van der Waals surface area (Å²) in [6.45, 7) is 6.43. The third kappa shape index (κ3) is 2.86. The van der Waals surface area contributed by atoms with Crippen LogP contribution in [0.15, 0.2) is 23.6 Å². The Labute approximate surface area is 124 Å². The first kappa shape index (κ1) is 14.6. The molecule has 0 radical (unpaired) electrons. The molecule has 1 unspecified atom stereocenters. The highest BCUT2D eigenvalue weighted by molar-refractivity contribution is 7.10. The Balaban J connectivity index is 2.51. The molecular formula is C16H20ClNS. The van der Waals surface area contributed by atoms with Gasteiger partial charge in [-0.25, -0.2) is 0 Å². The number of aryl methyl sites for hydroxylation is 3. The van der Waals surface area contributed by atoms with Crippen LogP contribution in [0.3, 0.4) is 0 Å². The second-order valence-electron chi connectivity index (χ2n) is 4.84. The van der Waals surface area contributed by atoms with Gasteiger partial charge in [0.2, 0.25) is 0 Å². The zero-order valence-corrected chi connectivity index (χ0v) is 13.5. The van der Waals surface area contributed by atoms with Crippen LogP contribution in [0.5, 0.6) is 0 Å². The van der Waals surface area contributed by atoms with Crippen molar-refractivity contribution in [2.75, 3.05) is 7.05 Å². The van der Waals surface area contributed by atoms with E-state index < -0.39 is 0 Å².